The number of aromatic nitrogens is 2. The van der Waals surface area contributed by atoms with E-state index in [0.717, 1.165) is 28.9 Å². The molecule has 1 N–H and O–H groups in total. The second-order valence-electron chi connectivity index (χ2n) is 6.27. The van der Waals surface area contributed by atoms with E-state index in [9.17, 15) is 4.79 Å². The summed E-state index contributed by atoms with van der Waals surface area (Å²) in [4.78, 5) is 12.4. The molecule has 2 heterocycles. The van der Waals surface area contributed by atoms with E-state index >= 15 is 0 Å². The Morgan fingerprint density at radius 3 is 2.89 bits per heavy atom. The van der Waals surface area contributed by atoms with E-state index in [1.165, 1.54) is 11.8 Å². The van der Waals surface area contributed by atoms with Gasteiger partial charge in [-0.05, 0) is 24.6 Å². The first-order valence-electron chi connectivity index (χ1n) is 8.74. The number of rotatable bonds is 5. The first-order chi connectivity index (χ1) is 13.2. The smallest absolute Gasteiger partial charge is 0.277 e. The quantitative estimate of drug-likeness (QED) is 0.678. The summed E-state index contributed by atoms with van der Waals surface area (Å²) >= 11 is 1.24. The molecule has 7 heteroatoms. The molecule has 1 atom stereocenters. The lowest BCUT2D eigenvalue weighted by atomic mass is 10.0. The van der Waals surface area contributed by atoms with Crippen molar-refractivity contribution in [2.24, 2.45) is 0 Å². The molecule has 4 rings (SSSR count). The molecule has 138 valence electrons. The van der Waals surface area contributed by atoms with Crippen LogP contribution in [0.4, 0.5) is 0 Å². The van der Waals surface area contributed by atoms with E-state index in [0.29, 0.717) is 17.7 Å². The van der Waals surface area contributed by atoms with Gasteiger partial charge in [0, 0.05) is 17.5 Å². The average molecular weight is 381 g/mol. The van der Waals surface area contributed by atoms with E-state index < -0.39 is 0 Å². The summed E-state index contributed by atoms with van der Waals surface area (Å²) in [5.41, 5.74) is 2.98. The summed E-state index contributed by atoms with van der Waals surface area (Å²) in [5, 5.41) is 11.6. The zero-order valence-corrected chi connectivity index (χ0v) is 15.7. The molecule has 0 aliphatic carbocycles. The molecule has 0 fully saturated rings. The predicted octanol–water partition coefficient (Wildman–Crippen LogP) is 3.78. The highest BCUT2D eigenvalue weighted by Gasteiger charge is 2.23. The number of thioether (sulfide) groups is 1. The predicted molar refractivity (Wildman–Crippen MR) is 103 cm³/mol. The lowest BCUT2D eigenvalue weighted by molar-refractivity contribution is -0.119. The SMILES string of the molecule is Cc1ccccc1-c1nnc(SCC(=O)NC2CCOc3ccccc32)o1. The van der Waals surface area contributed by atoms with Crippen molar-refractivity contribution >= 4 is 17.7 Å². The number of aryl methyl sites for hydroxylation is 1. The van der Waals surface area contributed by atoms with Gasteiger partial charge in [-0.3, -0.25) is 4.79 Å². The highest BCUT2D eigenvalue weighted by molar-refractivity contribution is 7.99. The fourth-order valence-electron chi connectivity index (χ4n) is 3.05. The van der Waals surface area contributed by atoms with Gasteiger partial charge in [-0.1, -0.05) is 48.2 Å². The minimum atomic E-state index is -0.0719. The minimum absolute atomic E-state index is 0.0340. The van der Waals surface area contributed by atoms with Crippen LogP contribution < -0.4 is 10.1 Å². The number of carbonyl (C=O) groups is 1. The fourth-order valence-corrected chi connectivity index (χ4v) is 3.62. The van der Waals surface area contributed by atoms with Gasteiger partial charge in [-0.2, -0.15) is 0 Å². The second-order valence-corrected chi connectivity index (χ2v) is 7.20. The minimum Gasteiger partial charge on any atom is -0.493 e. The van der Waals surface area contributed by atoms with Crippen molar-refractivity contribution in [3.63, 3.8) is 0 Å². The molecule has 2 aromatic carbocycles. The number of fused-ring (bicyclic) bond motifs is 1. The lowest BCUT2D eigenvalue weighted by Gasteiger charge is -2.26. The van der Waals surface area contributed by atoms with Gasteiger partial charge in [-0.25, -0.2) is 0 Å². The Balaban J connectivity index is 1.36. The maximum absolute atomic E-state index is 12.4. The Bertz CT molecular complexity index is 957. The number of amides is 1. The van der Waals surface area contributed by atoms with Crippen LogP contribution in [0.2, 0.25) is 0 Å². The van der Waals surface area contributed by atoms with Gasteiger partial charge >= 0.3 is 0 Å². The Hall–Kier alpha value is -2.80. The zero-order valence-electron chi connectivity index (χ0n) is 14.8. The number of carbonyl (C=O) groups excluding carboxylic acids is 1. The van der Waals surface area contributed by atoms with Gasteiger partial charge in [0.25, 0.3) is 5.22 Å². The van der Waals surface area contributed by atoms with Crippen molar-refractivity contribution in [1.29, 1.82) is 0 Å². The van der Waals surface area contributed by atoms with Crippen LogP contribution in [0.1, 0.15) is 23.6 Å². The summed E-state index contributed by atoms with van der Waals surface area (Å²) in [6.07, 6.45) is 0.755. The maximum Gasteiger partial charge on any atom is 0.277 e. The van der Waals surface area contributed by atoms with Crippen molar-refractivity contribution in [2.75, 3.05) is 12.4 Å². The van der Waals surface area contributed by atoms with Crippen LogP contribution in [-0.4, -0.2) is 28.5 Å². The third kappa shape index (κ3) is 3.98. The van der Waals surface area contributed by atoms with Gasteiger partial charge in [0.1, 0.15) is 5.75 Å². The Labute approximate surface area is 161 Å². The summed E-state index contributed by atoms with van der Waals surface area (Å²) in [6.45, 7) is 2.59. The molecular weight excluding hydrogens is 362 g/mol. The number of ether oxygens (including phenoxy) is 1. The van der Waals surface area contributed by atoms with E-state index in [4.69, 9.17) is 9.15 Å². The highest BCUT2D eigenvalue weighted by atomic mass is 32.2. The summed E-state index contributed by atoms with van der Waals surface area (Å²) < 4.78 is 11.3. The van der Waals surface area contributed by atoms with Crippen LogP contribution >= 0.6 is 11.8 Å². The third-order valence-electron chi connectivity index (χ3n) is 4.40. The average Bonchev–Trinajstić information content (AvgIpc) is 3.16. The van der Waals surface area contributed by atoms with Crippen molar-refractivity contribution < 1.29 is 13.9 Å². The topological polar surface area (TPSA) is 77.2 Å². The van der Waals surface area contributed by atoms with Crippen molar-refractivity contribution in [3.05, 3.63) is 59.7 Å². The molecule has 1 unspecified atom stereocenters. The van der Waals surface area contributed by atoms with E-state index in [1.54, 1.807) is 0 Å². The number of hydrogen-bond acceptors (Lipinski definition) is 6. The number of nitrogens with one attached hydrogen (secondary N) is 1. The number of hydrogen-bond donors (Lipinski definition) is 1. The van der Waals surface area contributed by atoms with E-state index in [2.05, 4.69) is 15.5 Å². The number of benzene rings is 2. The van der Waals surface area contributed by atoms with Crippen LogP contribution in [0.5, 0.6) is 5.75 Å². The monoisotopic (exact) mass is 381 g/mol. The van der Waals surface area contributed by atoms with Gasteiger partial charge < -0.3 is 14.5 Å². The van der Waals surface area contributed by atoms with Crippen LogP contribution in [0.15, 0.2) is 58.2 Å². The molecule has 1 aromatic heterocycles. The standard InChI is InChI=1S/C20H19N3O3S/c1-13-6-2-3-7-14(13)19-22-23-20(26-19)27-12-18(24)21-16-10-11-25-17-9-5-4-8-15(16)17/h2-9,16H,10-12H2,1H3,(H,21,24). The first-order valence-corrected chi connectivity index (χ1v) is 9.72. The van der Waals surface area contributed by atoms with E-state index in [-0.39, 0.29) is 17.7 Å². The highest BCUT2D eigenvalue weighted by Crippen LogP contribution is 2.31. The Morgan fingerprint density at radius 2 is 2.00 bits per heavy atom. The Morgan fingerprint density at radius 1 is 1.19 bits per heavy atom. The molecule has 3 aromatic rings. The fraction of sp³-hybridized carbons (Fsp3) is 0.250. The number of nitrogens with zero attached hydrogens (tertiary/aromatic N) is 2. The zero-order chi connectivity index (χ0) is 18.6. The molecular formula is C20H19N3O3S. The Kier molecular flexibility index (Phi) is 5.11. The van der Waals surface area contributed by atoms with E-state index in [1.807, 2.05) is 55.5 Å². The third-order valence-corrected chi connectivity index (χ3v) is 5.22. The van der Waals surface area contributed by atoms with Crippen LogP contribution in [-0.2, 0) is 4.79 Å². The van der Waals surface area contributed by atoms with Crippen LogP contribution in [0.3, 0.4) is 0 Å². The molecule has 0 spiro atoms. The van der Waals surface area contributed by atoms with Crippen LogP contribution in [0.25, 0.3) is 11.5 Å². The molecule has 0 bridgehead atoms. The van der Waals surface area contributed by atoms with Crippen molar-refractivity contribution in [3.8, 4) is 17.2 Å². The summed E-state index contributed by atoms with van der Waals surface area (Å²) in [7, 11) is 0. The van der Waals surface area contributed by atoms with Crippen molar-refractivity contribution in [2.45, 2.75) is 24.6 Å². The largest absolute Gasteiger partial charge is 0.493 e. The second kappa shape index (κ2) is 7.84. The first kappa shape index (κ1) is 17.6. The number of para-hydroxylation sites is 1. The molecule has 0 saturated carbocycles. The van der Waals surface area contributed by atoms with Gasteiger partial charge in [0.15, 0.2) is 0 Å². The molecule has 27 heavy (non-hydrogen) atoms. The van der Waals surface area contributed by atoms with Gasteiger partial charge in [0.2, 0.25) is 11.8 Å². The van der Waals surface area contributed by atoms with Crippen LogP contribution in [0, 0.1) is 6.92 Å². The lowest BCUT2D eigenvalue weighted by Crippen LogP contribution is -2.33. The maximum atomic E-state index is 12.4. The summed E-state index contributed by atoms with van der Waals surface area (Å²) in [6, 6.07) is 15.6. The molecule has 6 nitrogen and oxygen atoms in total. The molecule has 1 aliphatic rings. The molecule has 0 saturated heterocycles. The van der Waals surface area contributed by atoms with Gasteiger partial charge in [0.05, 0.1) is 18.4 Å². The normalized spacial score (nSPS) is 15.7. The summed E-state index contributed by atoms with van der Waals surface area (Å²) in [5.74, 6) is 1.45. The molecule has 0 radical (unpaired) electrons. The van der Waals surface area contributed by atoms with Crippen molar-refractivity contribution in [1.82, 2.24) is 15.5 Å². The van der Waals surface area contributed by atoms with Gasteiger partial charge in [-0.15, -0.1) is 10.2 Å². The molecule has 1 aliphatic heterocycles. The molecule has 1 amide bonds.